The van der Waals surface area contributed by atoms with E-state index in [1.807, 2.05) is 0 Å². The highest BCUT2D eigenvalue weighted by Gasteiger charge is 2.51. The monoisotopic (exact) mass is 540 g/mol. The van der Waals surface area contributed by atoms with Crippen molar-refractivity contribution in [2.75, 3.05) is 6.61 Å². The maximum absolute atomic E-state index is 12.0. The molecule has 1 aromatic heterocycles. The minimum Gasteiger partial charge on any atom is -0.463 e. The Morgan fingerprint density at radius 2 is 1.68 bits per heavy atom. The predicted octanol–water partition coefficient (Wildman–Crippen LogP) is 1.10. The van der Waals surface area contributed by atoms with E-state index in [2.05, 4.69) is 15.6 Å². The number of nitrogens with one attached hydrogen (secondary N) is 1. The molecule has 1 amide bonds. The van der Waals surface area contributed by atoms with Crippen molar-refractivity contribution >= 4 is 58.8 Å². The summed E-state index contributed by atoms with van der Waals surface area (Å²) in [6.45, 7) is 4.58. The molecule has 1 N–H and O–H groups in total. The van der Waals surface area contributed by atoms with Crippen molar-refractivity contribution in [1.82, 2.24) is 20.3 Å². The van der Waals surface area contributed by atoms with Gasteiger partial charge in [0.25, 0.3) is 0 Å². The summed E-state index contributed by atoms with van der Waals surface area (Å²) in [6, 6.07) is -0.917. The van der Waals surface area contributed by atoms with Crippen molar-refractivity contribution in [2.24, 2.45) is 0 Å². The molecule has 0 radical (unpaired) electrons. The van der Waals surface area contributed by atoms with Gasteiger partial charge in [0, 0.05) is 27.7 Å². The molecule has 0 unspecified atom stereocenters. The SMILES string of the molecule is CC(=O)N[C@@H]1[C@@H](OC(C)=O)[C@H](OC(C)=O)[C@@H](COC(C)=O)O[C@H]1SCn1nnc(CCl)c1CCl. The van der Waals surface area contributed by atoms with Crippen molar-refractivity contribution in [3.63, 3.8) is 0 Å². The minimum atomic E-state index is -1.15. The Kier molecular flexibility index (Phi) is 10.9. The molecule has 12 nitrogen and oxygen atoms in total. The highest BCUT2D eigenvalue weighted by molar-refractivity contribution is 7.98. The summed E-state index contributed by atoms with van der Waals surface area (Å²) >= 11 is 13.1. The third-order valence-corrected chi connectivity index (χ3v) is 6.24. The van der Waals surface area contributed by atoms with Gasteiger partial charge in [-0.15, -0.1) is 40.1 Å². The molecule has 15 heteroatoms. The molecule has 1 aromatic rings. The first-order chi connectivity index (χ1) is 16.1. The Morgan fingerprint density at radius 3 is 2.21 bits per heavy atom. The van der Waals surface area contributed by atoms with E-state index in [1.54, 1.807) is 0 Å². The summed E-state index contributed by atoms with van der Waals surface area (Å²) in [5, 5.41) is 10.7. The molecule has 0 bridgehead atoms. The molecule has 2 heterocycles. The fourth-order valence-corrected chi connectivity index (χ4v) is 4.95. The van der Waals surface area contributed by atoms with Crippen molar-refractivity contribution in [3.05, 3.63) is 11.4 Å². The van der Waals surface area contributed by atoms with E-state index in [0.717, 1.165) is 0 Å². The van der Waals surface area contributed by atoms with Crippen LogP contribution in [0, 0.1) is 0 Å². The number of alkyl halides is 2. The van der Waals surface area contributed by atoms with E-state index < -0.39 is 53.6 Å². The molecular weight excluding hydrogens is 515 g/mol. The largest absolute Gasteiger partial charge is 0.463 e. The highest BCUT2D eigenvalue weighted by atomic mass is 35.5. The molecule has 2 rings (SSSR count). The van der Waals surface area contributed by atoms with Crippen LogP contribution in [0.3, 0.4) is 0 Å². The maximum atomic E-state index is 12.0. The van der Waals surface area contributed by atoms with Crippen LogP contribution in [0.5, 0.6) is 0 Å². The number of amides is 1. The summed E-state index contributed by atoms with van der Waals surface area (Å²) in [6.07, 6.45) is -3.26. The van der Waals surface area contributed by atoms with Gasteiger partial charge in [0.2, 0.25) is 5.91 Å². The average molecular weight is 541 g/mol. The van der Waals surface area contributed by atoms with Crippen LogP contribution in [0.15, 0.2) is 0 Å². The van der Waals surface area contributed by atoms with Crippen LogP contribution >= 0.6 is 35.0 Å². The average Bonchev–Trinajstić information content (AvgIpc) is 3.15. The molecule has 1 fully saturated rings. The molecule has 0 saturated carbocycles. The standard InChI is InChI=1S/C19H26Cl2N4O8S/c1-9(26)22-16-18(32-12(4)29)17(31-11(3)28)15(7-30-10(2)27)33-19(16)34-8-25-14(6-21)13(5-20)23-24-25/h15-19H,5-8H2,1-4H3,(H,22,26)/t15-,16-,17-,18-,19+/m1/s1. The smallest absolute Gasteiger partial charge is 0.303 e. The number of thioether (sulfide) groups is 1. The van der Waals surface area contributed by atoms with E-state index >= 15 is 0 Å². The Bertz CT molecular complexity index is 902. The van der Waals surface area contributed by atoms with Crippen molar-refractivity contribution in [2.45, 2.75) is 75.1 Å². The van der Waals surface area contributed by atoms with E-state index in [-0.39, 0.29) is 24.2 Å². The lowest BCUT2D eigenvalue weighted by atomic mass is 9.97. The van der Waals surface area contributed by atoms with Gasteiger partial charge in [-0.25, -0.2) is 4.68 Å². The molecule has 1 saturated heterocycles. The lowest BCUT2D eigenvalue weighted by Crippen LogP contribution is -2.65. The molecule has 1 aliphatic heterocycles. The van der Waals surface area contributed by atoms with Gasteiger partial charge >= 0.3 is 17.9 Å². The number of esters is 3. The number of carbonyl (C=O) groups is 4. The maximum Gasteiger partial charge on any atom is 0.303 e. The second-order valence-corrected chi connectivity index (χ2v) is 8.86. The van der Waals surface area contributed by atoms with Gasteiger partial charge in [0.1, 0.15) is 29.9 Å². The summed E-state index contributed by atoms with van der Waals surface area (Å²) in [5.74, 6) is -1.90. The highest BCUT2D eigenvalue weighted by Crippen LogP contribution is 2.33. The Hall–Kier alpha value is -2.09. The molecule has 0 aliphatic carbocycles. The number of nitrogens with zero attached hydrogens (tertiary/aromatic N) is 3. The van der Waals surface area contributed by atoms with E-state index in [9.17, 15) is 19.2 Å². The fourth-order valence-electron chi connectivity index (χ4n) is 3.30. The molecule has 190 valence electrons. The number of carbonyl (C=O) groups excluding carboxylic acids is 4. The Morgan fingerprint density at radius 1 is 1.03 bits per heavy atom. The zero-order chi connectivity index (χ0) is 25.4. The van der Waals surface area contributed by atoms with Crippen LogP contribution in [0.2, 0.25) is 0 Å². The van der Waals surface area contributed by atoms with Crippen LogP contribution < -0.4 is 5.32 Å². The van der Waals surface area contributed by atoms with Gasteiger partial charge in [0.15, 0.2) is 12.2 Å². The lowest BCUT2D eigenvalue weighted by molar-refractivity contribution is -0.211. The first kappa shape index (κ1) is 28.1. The number of ether oxygens (including phenoxy) is 4. The van der Waals surface area contributed by atoms with Crippen LogP contribution in [0.25, 0.3) is 0 Å². The number of rotatable bonds is 10. The molecule has 0 spiro atoms. The van der Waals surface area contributed by atoms with Crippen LogP contribution in [-0.4, -0.2) is 75.2 Å². The van der Waals surface area contributed by atoms with E-state index in [0.29, 0.717) is 11.4 Å². The molecular formula is C19H26Cl2N4O8S. The first-order valence-corrected chi connectivity index (χ1v) is 12.2. The quantitative estimate of drug-likeness (QED) is 0.258. The fraction of sp³-hybridized carbons (Fsp3) is 0.684. The molecule has 1 aliphatic rings. The van der Waals surface area contributed by atoms with Crippen LogP contribution in [0.1, 0.15) is 39.1 Å². The van der Waals surface area contributed by atoms with Gasteiger partial charge in [-0.1, -0.05) is 5.21 Å². The number of hydrogen-bond acceptors (Lipinski definition) is 11. The Balaban J connectivity index is 2.39. The first-order valence-electron chi connectivity index (χ1n) is 10.1. The third-order valence-electron chi connectivity index (χ3n) is 4.60. The zero-order valence-corrected chi connectivity index (χ0v) is 21.3. The second-order valence-electron chi connectivity index (χ2n) is 7.27. The normalized spacial score (nSPS) is 24.2. The zero-order valence-electron chi connectivity index (χ0n) is 19.0. The minimum absolute atomic E-state index is 0.121. The number of hydrogen-bond donors (Lipinski definition) is 1. The number of halogens is 2. The molecule has 0 aromatic carbocycles. The van der Waals surface area contributed by atoms with Crippen molar-refractivity contribution in [1.29, 1.82) is 0 Å². The van der Waals surface area contributed by atoms with E-state index in [1.165, 1.54) is 44.1 Å². The lowest BCUT2D eigenvalue weighted by Gasteiger charge is -2.45. The van der Waals surface area contributed by atoms with Crippen molar-refractivity contribution < 1.29 is 38.1 Å². The van der Waals surface area contributed by atoms with E-state index in [4.69, 9.17) is 42.1 Å². The van der Waals surface area contributed by atoms with Gasteiger partial charge in [0.05, 0.1) is 23.3 Å². The topological polar surface area (TPSA) is 148 Å². The van der Waals surface area contributed by atoms with Gasteiger partial charge in [-0.3, -0.25) is 19.2 Å². The molecule has 5 atom stereocenters. The Labute approximate surface area is 210 Å². The molecule has 34 heavy (non-hydrogen) atoms. The predicted molar refractivity (Wildman–Crippen MR) is 121 cm³/mol. The van der Waals surface area contributed by atoms with Gasteiger partial charge < -0.3 is 24.3 Å². The summed E-state index contributed by atoms with van der Waals surface area (Å²) in [4.78, 5) is 47.1. The summed E-state index contributed by atoms with van der Waals surface area (Å²) < 4.78 is 23.5. The van der Waals surface area contributed by atoms with Gasteiger partial charge in [-0.2, -0.15) is 0 Å². The van der Waals surface area contributed by atoms with Gasteiger partial charge in [-0.05, 0) is 0 Å². The summed E-state index contributed by atoms with van der Waals surface area (Å²) in [7, 11) is 0. The second kappa shape index (κ2) is 13.1. The number of aromatic nitrogens is 3. The third kappa shape index (κ3) is 7.72. The summed E-state index contributed by atoms with van der Waals surface area (Å²) in [5.41, 5.74) is 0.315. The van der Waals surface area contributed by atoms with Crippen LogP contribution in [-0.2, 0) is 55.8 Å². The van der Waals surface area contributed by atoms with Crippen molar-refractivity contribution in [3.8, 4) is 0 Å². The van der Waals surface area contributed by atoms with Crippen LogP contribution in [0.4, 0.5) is 0 Å².